The standard InChI is InChI=1S/C30H32N13O3/c1-5-20-46-29(27-33-36-40-43(27)25-16-18-31-19-17-25,26-32-35-38-41(26)21(2)23-12-8-6-9-13-23)30(44,45-4)28-34-37-39-42(28)22(3)24-14-10-7-11-15-24/h6-19,21-22H,5,20H2,1-4H3. The van der Waals surface area contributed by atoms with Gasteiger partial charge in [-0.2, -0.15) is 9.79 Å². The molecule has 16 nitrogen and oxygen atoms in total. The SMILES string of the molecule is CCCOC(c1nnnn1-c1ccncc1)(c1nnnn1C(C)c1ccccc1)C([O])(OC)c1nnnn1C(C)c1ccccc1. The number of nitrogens with zero attached hydrogens (tertiary/aromatic N) is 13. The minimum absolute atomic E-state index is 0.0128. The number of benzene rings is 2. The average Bonchev–Trinajstić information content (AvgIpc) is 3.91. The van der Waals surface area contributed by atoms with Gasteiger partial charge in [0.25, 0.3) is 5.60 Å². The molecule has 4 unspecified atom stereocenters. The van der Waals surface area contributed by atoms with Crippen molar-refractivity contribution < 1.29 is 14.6 Å². The highest BCUT2D eigenvalue weighted by Crippen LogP contribution is 2.49. The smallest absolute Gasteiger partial charge is 0.308 e. The molecular formula is C30H32N13O3. The van der Waals surface area contributed by atoms with Crippen LogP contribution in [0, 0.1) is 0 Å². The zero-order valence-corrected chi connectivity index (χ0v) is 25.7. The van der Waals surface area contributed by atoms with Crippen LogP contribution in [0.5, 0.6) is 0 Å². The molecule has 1 radical (unpaired) electrons. The highest BCUT2D eigenvalue weighted by atomic mass is 16.7. The molecule has 0 bridgehead atoms. The van der Waals surface area contributed by atoms with E-state index >= 15 is 5.11 Å². The minimum Gasteiger partial charge on any atom is -0.354 e. The summed E-state index contributed by atoms with van der Waals surface area (Å²) in [5.74, 6) is -3.03. The topological polar surface area (TPSA) is 182 Å². The monoisotopic (exact) mass is 622 g/mol. The lowest BCUT2D eigenvalue weighted by atomic mass is 9.87. The van der Waals surface area contributed by atoms with Gasteiger partial charge >= 0.3 is 5.79 Å². The van der Waals surface area contributed by atoms with Crippen molar-refractivity contribution in [1.29, 1.82) is 0 Å². The van der Waals surface area contributed by atoms with E-state index in [1.54, 1.807) is 24.5 Å². The van der Waals surface area contributed by atoms with Crippen LogP contribution in [0.15, 0.2) is 85.2 Å². The van der Waals surface area contributed by atoms with Gasteiger partial charge in [0.2, 0.25) is 11.6 Å². The Bertz CT molecular complexity index is 1850. The number of aromatic nitrogens is 13. The number of tetrazole rings is 3. The number of hydrogen-bond donors (Lipinski definition) is 0. The molecule has 6 rings (SSSR count). The van der Waals surface area contributed by atoms with Crippen molar-refractivity contribution in [3.8, 4) is 5.69 Å². The predicted octanol–water partition coefficient (Wildman–Crippen LogP) is 2.85. The summed E-state index contributed by atoms with van der Waals surface area (Å²) in [7, 11) is 1.26. The first kappa shape index (κ1) is 30.7. The Morgan fingerprint density at radius 1 is 0.717 bits per heavy atom. The summed E-state index contributed by atoms with van der Waals surface area (Å²) in [5.41, 5.74) is -0.0189. The summed E-state index contributed by atoms with van der Waals surface area (Å²) in [6, 6.07) is 21.6. The molecule has 16 heteroatoms. The predicted molar refractivity (Wildman–Crippen MR) is 159 cm³/mol. The van der Waals surface area contributed by atoms with E-state index in [9.17, 15) is 0 Å². The van der Waals surface area contributed by atoms with E-state index in [-0.39, 0.29) is 24.1 Å². The van der Waals surface area contributed by atoms with E-state index in [1.165, 1.54) is 21.2 Å². The first-order chi connectivity index (χ1) is 22.5. The lowest BCUT2D eigenvalue weighted by Gasteiger charge is -2.41. The van der Waals surface area contributed by atoms with Gasteiger partial charge in [-0.05, 0) is 74.8 Å². The third-order valence-corrected chi connectivity index (χ3v) is 7.86. The molecule has 0 aliphatic heterocycles. The second-order valence-corrected chi connectivity index (χ2v) is 10.5. The molecule has 4 aromatic heterocycles. The molecule has 4 atom stereocenters. The van der Waals surface area contributed by atoms with Crippen molar-refractivity contribution in [2.75, 3.05) is 13.7 Å². The van der Waals surface area contributed by atoms with Gasteiger partial charge in [-0.1, -0.05) is 67.6 Å². The number of methoxy groups -OCH3 is 1. The van der Waals surface area contributed by atoms with Gasteiger partial charge in [0.05, 0.1) is 17.8 Å². The molecular weight excluding hydrogens is 590 g/mol. The van der Waals surface area contributed by atoms with Crippen molar-refractivity contribution in [1.82, 2.24) is 65.6 Å². The van der Waals surface area contributed by atoms with E-state index < -0.39 is 23.5 Å². The molecule has 0 saturated carbocycles. The van der Waals surface area contributed by atoms with Gasteiger partial charge in [-0.15, -0.1) is 15.3 Å². The van der Waals surface area contributed by atoms with Crippen molar-refractivity contribution in [2.24, 2.45) is 0 Å². The summed E-state index contributed by atoms with van der Waals surface area (Å²) in [6.07, 6.45) is 3.68. The van der Waals surface area contributed by atoms with Gasteiger partial charge in [-0.25, -0.2) is 9.36 Å². The molecule has 0 fully saturated rings. The second kappa shape index (κ2) is 13.0. The summed E-state index contributed by atoms with van der Waals surface area (Å²) in [6.45, 7) is 5.76. The van der Waals surface area contributed by atoms with Crippen LogP contribution < -0.4 is 0 Å². The Labute approximate surface area is 264 Å². The highest BCUT2D eigenvalue weighted by molar-refractivity contribution is 5.35. The third kappa shape index (κ3) is 5.11. The highest BCUT2D eigenvalue weighted by Gasteiger charge is 2.67. The number of hydrogen-bond acceptors (Lipinski definition) is 12. The van der Waals surface area contributed by atoms with E-state index in [1.807, 2.05) is 81.4 Å². The molecule has 2 aromatic carbocycles. The van der Waals surface area contributed by atoms with Gasteiger partial charge in [0.1, 0.15) is 0 Å². The molecule has 46 heavy (non-hydrogen) atoms. The fourth-order valence-electron chi connectivity index (χ4n) is 5.43. The zero-order valence-electron chi connectivity index (χ0n) is 25.7. The fraction of sp³-hybridized carbons (Fsp3) is 0.333. The van der Waals surface area contributed by atoms with Gasteiger partial charge in [0.15, 0.2) is 5.82 Å². The summed E-state index contributed by atoms with van der Waals surface area (Å²) in [5, 5.41) is 53.8. The largest absolute Gasteiger partial charge is 0.354 e. The van der Waals surface area contributed by atoms with Gasteiger partial charge < -0.3 is 9.47 Å². The third-order valence-electron chi connectivity index (χ3n) is 7.86. The summed E-state index contributed by atoms with van der Waals surface area (Å²) in [4.78, 5) is 4.12. The molecule has 0 aliphatic carbocycles. The van der Waals surface area contributed by atoms with E-state index in [0.717, 1.165) is 11.1 Å². The van der Waals surface area contributed by atoms with Gasteiger partial charge in [0, 0.05) is 26.1 Å². The van der Waals surface area contributed by atoms with E-state index in [0.29, 0.717) is 12.1 Å². The van der Waals surface area contributed by atoms with Crippen LogP contribution in [0.4, 0.5) is 0 Å². The van der Waals surface area contributed by atoms with Crippen molar-refractivity contribution in [3.63, 3.8) is 0 Å². The summed E-state index contributed by atoms with van der Waals surface area (Å²) >= 11 is 0. The number of rotatable bonds is 13. The maximum absolute atomic E-state index is 16.0. The Morgan fingerprint density at radius 3 is 1.80 bits per heavy atom. The zero-order chi connectivity index (χ0) is 32.1. The molecule has 0 spiro atoms. The molecule has 0 N–H and O–H groups in total. The quantitative estimate of drug-likeness (QED) is 0.172. The molecule has 0 amide bonds. The summed E-state index contributed by atoms with van der Waals surface area (Å²) < 4.78 is 17.0. The maximum Gasteiger partial charge on any atom is 0.308 e. The lowest BCUT2D eigenvalue weighted by molar-refractivity contribution is -0.343. The second-order valence-electron chi connectivity index (χ2n) is 10.5. The first-order valence-electron chi connectivity index (χ1n) is 14.7. The Kier molecular flexibility index (Phi) is 8.65. The van der Waals surface area contributed by atoms with Crippen LogP contribution in [-0.2, 0) is 26.0 Å². The lowest BCUT2D eigenvalue weighted by Crippen LogP contribution is -2.57. The maximum atomic E-state index is 16.0. The fourth-order valence-corrected chi connectivity index (χ4v) is 5.43. The van der Waals surface area contributed by atoms with E-state index in [2.05, 4.69) is 51.6 Å². The number of pyridine rings is 1. The average molecular weight is 623 g/mol. The Hall–Kier alpha value is -5.32. The van der Waals surface area contributed by atoms with Crippen molar-refractivity contribution in [3.05, 3.63) is 114 Å². The van der Waals surface area contributed by atoms with E-state index in [4.69, 9.17) is 9.47 Å². The Balaban J connectivity index is 1.66. The van der Waals surface area contributed by atoms with Crippen LogP contribution in [0.1, 0.15) is 67.9 Å². The molecule has 0 aliphatic rings. The molecule has 0 saturated heterocycles. The van der Waals surface area contributed by atoms with Crippen LogP contribution >= 0.6 is 0 Å². The van der Waals surface area contributed by atoms with Crippen molar-refractivity contribution in [2.45, 2.75) is 50.7 Å². The van der Waals surface area contributed by atoms with Crippen LogP contribution in [0.25, 0.3) is 5.69 Å². The first-order valence-corrected chi connectivity index (χ1v) is 14.7. The Morgan fingerprint density at radius 2 is 1.24 bits per heavy atom. The van der Waals surface area contributed by atoms with Gasteiger partial charge in [-0.3, -0.25) is 4.98 Å². The van der Waals surface area contributed by atoms with Crippen molar-refractivity contribution >= 4 is 0 Å². The molecule has 235 valence electrons. The minimum atomic E-state index is -2.77. The number of ether oxygens (including phenoxy) is 2. The van der Waals surface area contributed by atoms with Crippen LogP contribution in [0.3, 0.4) is 0 Å². The molecule has 6 aromatic rings. The van der Waals surface area contributed by atoms with Crippen LogP contribution in [-0.4, -0.2) is 79.3 Å². The molecule has 4 heterocycles. The normalized spacial score (nSPS) is 15.6. The van der Waals surface area contributed by atoms with Crippen LogP contribution in [0.2, 0.25) is 0 Å².